The van der Waals surface area contributed by atoms with Crippen LogP contribution in [0.5, 0.6) is 23.0 Å². The van der Waals surface area contributed by atoms with E-state index >= 15 is 0 Å². The number of ketones is 6. The number of hydrogen-bond donors (Lipinski definition) is 2. The van der Waals surface area contributed by atoms with Gasteiger partial charge in [-0.3, -0.25) is 92.3 Å². The van der Waals surface area contributed by atoms with Crippen LogP contribution < -0.4 is 24.3 Å². The van der Waals surface area contributed by atoms with E-state index in [4.69, 9.17) is 23.7 Å². The van der Waals surface area contributed by atoms with Crippen LogP contribution in [-0.4, -0.2) is 214 Å². The van der Waals surface area contributed by atoms with Gasteiger partial charge in [-0.2, -0.15) is 30.0 Å². The van der Waals surface area contributed by atoms with E-state index in [1.54, 1.807) is 72.5 Å². The van der Waals surface area contributed by atoms with Crippen molar-refractivity contribution in [3.63, 3.8) is 0 Å². The van der Waals surface area contributed by atoms with Crippen molar-refractivity contribution in [1.82, 2.24) is 49.8 Å². The molecule has 0 radical (unpaired) electrons. The first kappa shape index (κ1) is 93.3. The van der Waals surface area contributed by atoms with Crippen molar-refractivity contribution >= 4 is 87.8 Å². The lowest BCUT2D eigenvalue weighted by molar-refractivity contribution is -0.177. The zero-order chi connectivity index (χ0) is 91.1. The highest BCUT2D eigenvalue weighted by Gasteiger charge is 2.51. The Hall–Kier alpha value is -12.4. The summed E-state index contributed by atoms with van der Waals surface area (Å²) in [5.74, 6) is 1.09. The molecule has 2 N–H and O–H groups in total. The minimum Gasteiger partial charge on any atom is -0.489 e. The number of aromatic nitrogens is 2. The zero-order valence-corrected chi connectivity index (χ0v) is 73.2. The Morgan fingerprint density at radius 3 is 1.47 bits per heavy atom. The number of H-pyrrole nitrogens is 1. The lowest BCUT2D eigenvalue weighted by atomic mass is 9.80. The maximum Gasteiger partial charge on any atom is 0.404 e. The van der Waals surface area contributed by atoms with Crippen LogP contribution in [0.1, 0.15) is 211 Å². The highest BCUT2D eigenvalue weighted by molar-refractivity contribution is 7.99. The van der Waals surface area contributed by atoms with Gasteiger partial charge in [-0.1, -0.05) is 104 Å². The fourth-order valence-electron chi connectivity index (χ4n) is 18.6. The van der Waals surface area contributed by atoms with Gasteiger partial charge in [0.15, 0.2) is 17.3 Å². The molecule has 131 heavy (non-hydrogen) atoms. The van der Waals surface area contributed by atoms with E-state index in [-0.39, 0.29) is 161 Å². The Balaban J connectivity index is 0.000000134. The topological polar surface area (TPSA) is 331 Å². The lowest BCUT2D eigenvalue weighted by Crippen LogP contribution is -2.55. The Morgan fingerprint density at radius 2 is 0.947 bits per heavy atom. The molecule has 0 bridgehead atoms. The minimum absolute atomic E-state index is 0. The summed E-state index contributed by atoms with van der Waals surface area (Å²) >= 11 is 2.00. The number of aryl methyl sites for hydroxylation is 1. The van der Waals surface area contributed by atoms with Crippen molar-refractivity contribution in [2.75, 3.05) is 57.4 Å². The Morgan fingerprint density at radius 1 is 0.481 bits per heavy atom. The van der Waals surface area contributed by atoms with Gasteiger partial charge in [0, 0.05) is 122 Å². The van der Waals surface area contributed by atoms with E-state index in [0.717, 1.165) is 108 Å². The van der Waals surface area contributed by atoms with Crippen molar-refractivity contribution in [1.29, 1.82) is 0 Å². The minimum atomic E-state index is -4.21. The number of carbonyl (C=O) groups excluding carboxylic acids is 13. The Bertz CT molecular complexity index is 5720. The zero-order valence-electron chi connectivity index (χ0n) is 72.3. The van der Waals surface area contributed by atoms with Crippen LogP contribution in [0.25, 0.3) is 0 Å². The molecule has 4 saturated heterocycles. The summed E-state index contributed by atoms with van der Waals surface area (Å²) in [5, 5.41) is 9.29. The number of amides is 7. The molecule has 3 unspecified atom stereocenters. The second-order valence-electron chi connectivity index (χ2n) is 34.7. The van der Waals surface area contributed by atoms with Crippen LogP contribution in [0, 0.1) is 6.92 Å². The molecule has 8 aliphatic heterocycles. The van der Waals surface area contributed by atoms with E-state index in [1.165, 1.54) is 37.3 Å². The number of morpholine rings is 1. The first-order valence-electron chi connectivity index (χ1n) is 44.1. The van der Waals surface area contributed by atoms with Gasteiger partial charge in [0.05, 0.1) is 81.0 Å². The molecule has 32 heteroatoms. The Labute approximate surface area is 760 Å². The number of thioether (sulfide) groups is 1. The molecule has 5 atom stereocenters. The average molecular weight is 1810 g/mol. The summed E-state index contributed by atoms with van der Waals surface area (Å²) in [6.07, 6.45) is -1.68. The highest BCUT2D eigenvalue weighted by atomic mass is 32.2. The second-order valence-corrected chi connectivity index (χ2v) is 35.9. The number of Topliss-reactive ketones (excluding diaryl/α,β-unsaturated/α-hetero) is 6. The van der Waals surface area contributed by atoms with Crippen molar-refractivity contribution in [2.24, 2.45) is 0 Å². The molecule has 8 aromatic rings. The summed E-state index contributed by atoms with van der Waals surface area (Å²) in [6.45, 7) is 14.0. The van der Waals surface area contributed by atoms with Crippen molar-refractivity contribution in [2.45, 2.75) is 206 Å². The lowest BCUT2D eigenvalue weighted by Gasteiger charge is -2.39. The summed E-state index contributed by atoms with van der Waals surface area (Å²) in [4.78, 5) is 173. The van der Waals surface area contributed by atoms with E-state index in [2.05, 4.69) is 61.7 Å². The number of ether oxygens (including phenoxy) is 5. The quantitative estimate of drug-likeness (QED) is 0.0470. The largest absolute Gasteiger partial charge is 0.489 e. The molecule has 28 nitrogen and oxygen atoms in total. The number of nitrogens with zero attached hydrogens (tertiary/aromatic N) is 8. The predicted octanol–water partition coefficient (Wildman–Crippen LogP) is 12.4. The Kier molecular flexibility index (Phi) is 29.2. The van der Waals surface area contributed by atoms with Gasteiger partial charge in [-0.05, 0) is 147 Å². The van der Waals surface area contributed by atoms with Crippen LogP contribution in [0.4, 0.5) is 13.2 Å². The van der Waals surface area contributed by atoms with Crippen molar-refractivity contribution < 1.29 is 99.2 Å². The summed E-state index contributed by atoms with van der Waals surface area (Å²) < 4.78 is 69.0. The smallest absolute Gasteiger partial charge is 0.404 e. The van der Waals surface area contributed by atoms with E-state index < -0.39 is 53.6 Å². The average Bonchev–Trinajstić information content (AvgIpc) is 1.67. The molecule has 686 valence electrons. The predicted molar refractivity (Wildman–Crippen MR) is 475 cm³/mol. The molecule has 7 aromatic carbocycles. The first-order chi connectivity index (χ1) is 62.7. The van der Waals surface area contributed by atoms with Crippen molar-refractivity contribution in [3.8, 4) is 23.0 Å². The summed E-state index contributed by atoms with van der Waals surface area (Å²) in [6, 6.07) is 43.3. The van der Waals surface area contributed by atoms with Crippen LogP contribution in [0.2, 0.25) is 0 Å². The molecule has 3 aliphatic carbocycles. The van der Waals surface area contributed by atoms with Gasteiger partial charge in [0.25, 0.3) is 29.5 Å². The molecule has 3 saturated carbocycles. The SMILES string of the molecule is C.C[C@]1(N2Cc3c(OCc4ccc(CN5CCOCC5)cc4)cccc3C2=O)CCC(=O)CC1=O.Cc1cc(COc2cccc3c2CN(C2CCC(=O)NC2=O)C3=O)n[nH]1.O=C1CCC(N2C(=O)c3cccc(OCc4ccc(CN5CCSCC5)cc4)c3C2=O)C(=O)C1.O=C1CCC(N2Cc3c(OCc4ccc(CN5CCC[C@H]5C(F)(F)F)cc4)cccc3C2=O)C(=O)C1. The molecular weight excluding hydrogens is 1710 g/mol. The van der Waals surface area contributed by atoms with E-state index in [0.29, 0.717) is 97.9 Å². The van der Waals surface area contributed by atoms with Gasteiger partial charge < -0.3 is 38.4 Å². The van der Waals surface area contributed by atoms with Gasteiger partial charge in [-0.15, -0.1) is 0 Å². The second kappa shape index (κ2) is 41.0. The first-order valence-corrected chi connectivity index (χ1v) is 45.3. The standard InChI is InChI=1S/C27H27F3N2O4.C27H30N2O5.C26H26N2O5S.C18H18N4O4.CH4/c28-27(29,30)25-5-2-12-31(25)14-17-6-8-18(9-7-17)16-36-24-4-1-3-20-21(24)15-32(26(20)35)22-11-10-19(33)13-23(22)34;1-27(10-9-21(30)15-25(27)31)29-17-23-22(26(29)32)3-2-4-24(23)34-18-20-7-5-19(6-8-20)16-28-11-13-33-14-12-28;29-19-8-9-21(22(30)14-19)28-25(31)20-2-1-3-23(24(20)26(28)32)33-16-18-6-4-17(5-7-18)15-27-10-12-34-13-11-27;1-10-7-11(21-20-10)9-26-15-4-2-3-12-13(15)8-22(18(12)25)14-5-6-16(23)19-17(14)24;/h1,3-4,6-9,22,25H,2,5,10-16H2;2-8H,9-18H2,1H3;1-7,21H,8-16H2;2-4,7,14H,5-6,8-9H2,1H3,(H,20,21)(H,19,23,24);1H4/t22?,25-;27-;;;/m00.../s1. The fraction of sp³-hybridized carbons (Fsp3) is 0.414. The molecule has 1 aromatic heterocycles. The van der Waals surface area contributed by atoms with Gasteiger partial charge in [-0.25, -0.2) is 0 Å². The summed E-state index contributed by atoms with van der Waals surface area (Å²) in [7, 11) is 0. The third-order valence-electron chi connectivity index (χ3n) is 25.9. The van der Waals surface area contributed by atoms with Gasteiger partial charge in [0.1, 0.15) is 84.4 Å². The van der Waals surface area contributed by atoms with Crippen molar-refractivity contribution in [3.05, 3.63) is 241 Å². The van der Waals surface area contributed by atoms with Crippen LogP contribution in [-0.2, 0) is 109 Å². The number of nitrogens with one attached hydrogen (secondary N) is 2. The number of carbonyl (C=O) groups is 13. The van der Waals surface area contributed by atoms with Gasteiger partial charge in [0.2, 0.25) is 11.8 Å². The van der Waals surface area contributed by atoms with E-state index in [1.807, 2.05) is 73.3 Å². The molecule has 7 fully saturated rings. The monoisotopic (exact) mass is 1810 g/mol. The molecule has 11 aliphatic rings. The normalized spacial score (nSPS) is 21.7. The number of piperidine rings is 1. The molecule has 7 amide bonds. The number of rotatable bonds is 22. The number of fused-ring (bicyclic) bond motifs is 4. The number of imide groups is 2. The molecule has 9 heterocycles. The number of alkyl halides is 3. The number of aromatic amines is 1. The number of likely N-dealkylation sites (tertiary alicyclic amines) is 1. The van der Waals surface area contributed by atoms with E-state index in [9.17, 15) is 75.5 Å². The number of benzene rings is 7. The van der Waals surface area contributed by atoms with Crippen LogP contribution in [0.3, 0.4) is 0 Å². The number of hydrogen-bond acceptors (Lipinski definition) is 23. The molecule has 19 rings (SSSR count). The maximum atomic E-state index is 13.2. The molecular formula is C99H105F3N10O18S. The summed E-state index contributed by atoms with van der Waals surface area (Å²) in [5.41, 5.74) is 11.3. The molecule has 0 spiro atoms. The van der Waals surface area contributed by atoms with Gasteiger partial charge >= 0.3 is 6.18 Å². The third kappa shape index (κ3) is 21.3. The van der Waals surface area contributed by atoms with Crippen LogP contribution >= 0.6 is 11.8 Å². The van der Waals surface area contributed by atoms with Crippen LogP contribution in [0.15, 0.2) is 152 Å². The number of halogens is 3. The highest BCUT2D eigenvalue weighted by Crippen LogP contribution is 2.43. The third-order valence-corrected chi connectivity index (χ3v) is 26.8. The fourth-order valence-corrected chi connectivity index (χ4v) is 19.5. The maximum absolute atomic E-state index is 13.2.